The summed E-state index contributed by atoms with van der Waals surface area (Å²) in [6, 6.07) is 13.4. The average molecular weight is 276 g/mol. The SMILES string of the molecule is Nc1ccc(N)c(CCNCc2cccc(Cl)c2)c1. The van der Waals surface area contributed by atoms with Crippen LogP contribution in [0, 0.1) is 0 Å². The lowest BCUT2D eigenvalue weighted by Crippen LogP contribution is -2.17. The monoisotopic (exact) mass is 275 g/mol. The molecule has 0 radical (unpaired) electrons. The maximum atomic E-state index is 5.93. The number of nitrogens with two attached hydrogens (primary N) is 2. The number of nitrogen functional groups attached to an aromatic ring is 2. The van der Waals surface area contributed by atoms with Crippen molar-refractivity contribution in [2.45, 2.75) is 13.0 Å². The van der Waals surface area contributed by atoms with E-state index in [9.17, 15) is 0 Å². The predicted octanol–water partition coefficient (Wildman–Crippen LogP) is 2.84. The Kier molecular flexibility index (Phi) is 4.66. The van der Waals surface area contributed by atoms with Crippen LogP contribution in [0.25, 0.3) is 0 Å². The number of nitrogens with one attached hydrogen (secondary N) is 1. The zero-order valence-electron chi connectivity index (χ0n) is 10.7. The van der Waals surface area contributed by atoms with E-state index >= 15 is 0 Å². The van der Waals surface area contributed by atoms with Crippen molar-refractivity contribution in [1.82, 2.24) is 5.32 Å². The summed E-state index contributed by atoms with van der Waals surface area (Å²) < 4.78 is 0. The molecule has 0 atom stereocenters. The third kappa shape index (κ3) is 4.16. The molecular weight excluding hydrogens is 258 g/mol. The molecule has 0 aromatic heterocycles. The summed E-state index contributed by atoms with van der Waals surface area (Å²) in [5.74, 6) is 0. The minimum absolute atomic E-state index is 0.749. The second-order valence-electron chi connectivity index (χ2n) is 4.51. The van der Waals surface area contributed by atoms with E-state index in [-0.39, 0.29) is 0 Å². The Hall–Kier alpha value is -1.71. The smallest absolute Gasteiger partial charge is 0.0409 e. The first-order valence-electron chi connectivity index (χ1n) is 6.24. The van der Waals surface area contributed by atoms with Crippen LogP contribution in [-0.2, 0) is 13.0 Å². The van der Waals surface area contributed by atoms with Crippen LogP contribution in [0.5, 0.6) is 0 Å². The number of hydrogen-bond donors (Lipinski definition) is 3. The molecule has 2 aromatic carbocycles. The van der Waals surface area contributed by atoms with Crippen LogP contribution in [0.1, 0.15) is 11.1 Å². The van der Waals surface area contributed by atoms with Crippen LogP contribution in [0.3, 0.4) is 0 Å². The van der Waals surface area contributed by atoms with Gasteiger partial charge in [-0.25, -0.2) is 0 Å². The predicted molar refractivity (Wildman–Crippen MR) is 82.1 cm³/mol. The van der Waals surface area contributed by atoms with E-state index in [4.69, 9.17) is 23.1 Å². The molecule has 3 nitrogen and oxygen atoms in total. The molecule has 0 amide bonds. The highest BCUT2D eigenvalue weighted by Gasteiger charge is 2.00. The van der Waals surface area contributed by atoms with Gasteiger partial charge in [0.2, 0.25) is 0 Å². The molecule has 2 aromatic rings. The van der Waals surface area contributed by atoms with Gasteiger partial charge in [-0.1, -0.05) is 23.7 Å². The topological polar surface area (TPSA) is 64.1 Å². The van der Waals surface area contributed by atoms with E-state index in [0.717, 1.165) is 41.5 Å². The van der Waals surface area contributed by atoms with Crippen LogP contribution < -0.4 is 16.8 Å². The van der Waals surface area contributed by atoms with Gasteiger partial charge in [-0.2, -0.15) is 0 Å². The van der Waals surface area contributed by atoms with E-state index < -0.39 is 0 Å². The molecule has 4 heteroatoms. The zero-order valence-corrected chi connectivity index (χ0v) is 11.5. The lowest BCUT2D eigenvalue weighted by atomic mass is 10.1. The second kappa shape index (κ2) is 6.45. The Bertz CT molecular complexity index is 555. The highest BCUT2D eigenvalue weighted by molar-refractivity contribution is 6.30. The molecule has 2 rings (SSSR count). The standard InChI is InChI=1S/C15H18ClN3/c16-13-3-1-2-11(8-13)10-19-7-6-12-9-14(17)4-5-15(12)18/h1-5,8-9,19H,6-7,10,17-18H2. The van der Waals surface area contributed by atoms with Crippen LogP contribution >= 0.6 is 11.6 Å². The van der Waals surface area contributed by atoms with Gasteiger partial charge in [-0.3, -0.25) is 0 Å². The Morgan fingerprint density at radius 1 is 1.05 bits per heavy atom. The van der Waals surface area contributed by atoms with Crippen molar-refractivity contribution in [3.8, 4) is 0 Å². The summed E-state index contributed by atoms with van der Waals surface area (Å²) in [6.07, 6.45) is 0.859. The molecule has 0 aliphatic rings. The molecule has 0 unspecified atom stereocenters. The van der Waals surface area contributed by atoms with Crippen molar-refractivity contribution < 1.29 is 0 Å². The van der Waals surface area contributed by atoms with Crippen molar-refractivity contribution in [2.24, 2.45) is 0 Å². The van der Waals surface area contributed by atoms with Gasteiger partial charge >= 0.3 is 0 Å². The number of hydrogen-bond acceptors (Lipinski definition) is 3. The molecule has 100 valence electrons. The van der Waals surface area contributed by atoms with Gasteiger partial charge in [-0.05, 0) is 54.4 Å². The molecular formula is C15H18ClN3. The molecule has 0 aliphatic heterocycles. The van der Waals surface area contributed by atoms with Crippen LogP contribution in [-0.4, -0.2) is 6.54 Å². The Labute approximate surface area is 118 Å². The maximum absolute atomic E-state index is 5.93. The molecule has 5 N–H and O–H groups in total. The summed E-state index contributed by atoms with van der Waals surface area (Å²) in [5, 5.41) is 4.13. The minimum Gasteiger partial charge on any atom is -0.399 e. The highest BCUT2D eigenvalue weighted by atomic mass is 35.5. The van der Waals surface area contributed by atoms with Crippen molar-refractivity contribution >= 4 is 23.0 Å². The van der Waals surface area contributed by atoms with Crippen LogP contribution in [0.4, 0.5) is 11.4 Å². The van der Waals surface area contributed by atoms with E-state index in [0.29, 0.717) is 0 Å². The lowest BCUT2D eigenvalue weighted by Gasteiger charge is -2.08. The zero-order chi connectivity index (χ0) is 13.7. The first-order chi connectivity index (χ1) is 9.15. The summed E-state index contributed by atoms with van der Waals surface area (Å²) >= 11 is 5.93. The van der Waals surface area contributed by atoms with E-state index in [1.807, 2.05) is 42.5 Å². The summed E-state index contributed by atoms with van der Waals surface area (Å²) in [7, 11) is 0. The van der Waals surface area contributed by atoms with Crippen LogP contribution in [0.15, 0.2) is 42.5 Å². The summed E-state index contributed by atoms with van der Waals surface area (Å²) in [6.45, 7) is 1.64. The number of benzene rings is 2. The van der Waals surface area contributed by atoms with Crippen molar-refractivity contribution in [3.63, 3.8) is 0 Å². The molecule has 0 saturated heterocycles. The Balaban J connectivity index is 1.82. The third-order valence-electron chi connectivity index (χ3n) is 2.96. The maximum Gasteiger partial charge on any atom is 0.0409 e. The lowest BCUT2D eigenvalue weighted by molar-refractivity contribution is 0.688. The molecule has 0 aliphatic carbocycles. The van der Waals surface area contributed by atoms with E-state index in [2.05, 4.69) is 5.32 Å². The van der Waals surface area contributed by atoms with Crippen molar-refractivity contribution in [1.29, 1.82) is 0 Å². The average Bonchev–Trinajstić information content (AvgIpc) is 2.39. The Morgan fingerprint density at radius 2 is 1.89 bits per heavy atom. The van der Waals surface area contributed by atoms with E-state index in [1.54, 1.807) is 0 Å². The van der Waals surface area contributed by atoms with Crippen LogP contribution in [0.2, 0.25) is 5.02 Å². The number of anilines is 2. The number of halogens is 1. The largest absolute Gasteiger partial charge is 0.399 e. The fraction of sp³-hybridized carbons (Fsp3) is 0.200. The first-order valence-corrected chi connectivity index (χ1v) is 6.62. The molecule has 0 fully saturated rings. The van der Waals surface area contributed by atoms with Gasteiger partial charge in [0.1, 0.15) is 0 Å². The van der Waals surface area contributed by atoms with Gasteiger partial charge in [0.25, 0.3) is 0 Å². The molecule has 0 spiro atoms. The Morgan fingerprint density at radius 3 is 2.68 bits per heavy atom. The van der Waals surface area contributed by atoms with Gasteiger partial charge in [0.05, 0.1) is 0 Å². The van der Waals surface area contributed by atoms with Gasteiger partial charge in [-0.15, -0.1) is 0 Å². The normalized spacial score (nSPS) is 10.6. The summed E-state index contributed by atoms with van der Waals surface area (Å²) in [5.41, 5.74) is 15.4. The van der Waals surface area contributed by atoms with E-state index in [1.165, 1.54) is 5.56 Å². The molecule has 0 bridgehead atoms. The quantitative estimate of drug-likeness (QED) is 0.581. The highest BCUT2D eigenvalue weighted by Crippen LogP contribution is 2.16. The van der Waals surface area contributed by atoms with Crippen molar-refractivity contribution in [2.75, 3.05) is 18.0 Å². The summed E-state index contributed by atoms with van der Waals surface area (Å²) in [4.78, 5) is 0. The van der Waals surface area contributed by atoms with Gasteiger partial charge in [0.15, 0.2) is 0 Å². The molecule has 0 heterocycles. The fourth-order valence-corrected chi connectivity index (χ4v) is 2.16. The van der Waals surface area contributed by atoms with Crippen molar-refractivity contribution in [3.05, 3.63) is 58.6 Å². The fourth-order valence-electron chi connectivity index (χ4n) is 1.94. The second-order valence-corrected chi connectivity index (χ2v) is 4.95. The third-order valence-corrected chi connectivity index (χ3v) is 3.19. The molecule has 0 saturated carbocycles. The van der Waals surface area contributed by atoms with Gasteiger partial charge < -0.3 is 16.8 Å². The first kappa shape index (κ1) is 13.7. The number of rotatable bonds is 5. The molecule has 19 heavy (non-hydrogen) atoms. The minimum atomic E-state index is 0.749. The van der Waals surface area contributed by atoms with Gasteiger partial charge in [0, 0.05) is 22.9 Å².